The summed E-state index contributed by atoms with van der Waals surface area (Å²) in [6.45, 7) is 40.5. The lowest BCUT2D eigenvalue weighted by molar-refractivity contribution is 0.468. The summed E-state index contributed by atoms with van der Waals surface area (Å²) >= 11 is 0. The minimum Gasteiger partial charge on any atom is -0.0582 e. The van der Waals surface area contributed by atoms with Crippen molar-refractivity contribution < 1.29 is 0 Å². The largest absolute Gasteiger partial charge is 0.0582 e. The van der Waals surface area contributed by atoms with E-state index < -0.39 is 0 Å². The number of hydrogen-bond donors (Lipinski definition) is 0. The van der Waals surface area contributed by atoms with Crippen molar-refractivity contribution in [1.29, 1.82) is 0 Å². The highest BCUT2D eigenvalue weighted by Gasteiger charge is 2.41. The first kappa shape index (κ1) is 29.7. The Hall–Kier alpha value is -1.56. The summed E-state index contributed by atoms with van der Waals surface area (Å²) in [5.41, 5.74) is 10.6. The molecule has 2 aromatic carbocycles. The number of hydrogen-bond acceptors (Lipinski definition) is 0. The molecule has 196 valence electrons. The van der Waals surface area contributed by atoms with E-state index in [1.165, 1.54) is 27.8 Å². The summed E-state index contributed by atoms with van der Waals surface area (Å²) in [7, 11) is 0. The van der Waals surface area contributed by atoms with Crippen LogP contribution in [0.4, 0.5) is 0 Å². The van der Waals surface area contributed by atoms with Gasteiger partial charge in [-0.3, -0.25) is 0 Å². The van der Waals surface area contributed by atoms with E-state index in [1.807, 2.05) is 0 Å². The summed E-state index contributed by atoms with van der Waals surface area (Å²) in [6.07, 6.45) is 0. The van der Waals surface area contributed by atoms with Crippen LogP contribution in [0.5, 0.6) is 0 Å². The molecule has 0 N–H and O–H groups in total. The van der Waals surface area contributed by atoms with Gasteiger partial charge < -0.3 is 0 Å². The van der Waals surface area contributed by atoms with Gasteiger partial charge in [0.25, 0.3) is 0 Å². The lowest BCUT2D eigenvalue weighted by Gasteiger charge is -2.45. The van der Waals surface area contributed by atoms with Gasteiger partial charge in [0.05, 0.1) is 0 Å². The molecule has 0 bridgehead atoms. The van der Waals surface area contributed by atoms with Crippen molar-refractivity contribution in [3.63, 3.8) is 0 Å². The summed E-state index contributed by atoms with van der Waals surface area (Å²) in [5.74, 6) is 0. The first-order valence-electron chi connectivity index (χ1n) is 13.6. The summed E-state index contributed by atoms with van der Waals surface area (Å²) < 4.78 is 0. The molecule has 0 spiro atoms. The van der Waals surface area contributed by atoms with Crippen LogP contribution in [0, 0.1) is 0 Å². The van der Waals surface area contributed by atoms with Crippen molar-refractivity contribution in [1.82, 2.24) is 0 Å². The van der Waals surface area contributed by atoms with Crippen molar-refractivity contribution in [2.75, 3.05) is 0 Å². The second-order valence-electron chi connectivity index (χ2n) is 16.5. The van der Waals surface area contributed by atoms with Crippen molar-refractivity contribution in [2.24, 2.45) is 0 Å². The highest BCUT2D eigenvalue weighted by Crippen LogP contribution is 2.50. The molecular formula is C35H56. The summed E-state index contributed by atoms with van der Waals surface area (Å²) in [5, 5.41) is 0. The average molecular weight is 477 g/mol. The Labute approximate surface area is 219 Å². The van der Waals surface area contributed by atoms with Gasteiger partial charge in [-0.05, 0) is 66.0 Å². The first-order valence-corrected chi connectivity index (χ1v) is 13.6. The van der Waals surface area contributed by atoms with Gasteiger partial charge in [0.1, 0.15) is 0 Å². The molecule has 0 fully saturated rings. The van der Waals surface area contributed by atoms with Gasteiger partial charge in [-0.25, -0.2) is 0 Å². The zero-order chi connectivity index (χ0) is 27.6. The Balaban J connectivity index is 3.16. The highest BCUT2D eigenvalue weighted by atomic mass is 14.5. The van der Waals surface area contributed by atoms with Crippen LogP contribution in [0.25, 0.3) is 0 Å². The van der Waals surface area contributed by atoms with Crippen LogP contribution >= 0.6 is 0 Å². The van der Waals surface area contributed by atoms with E-state index >= 15 is 0 Å². The lowest BCUT2D eigenvalue weighted by Crippen LogP contribution is -2.36. The molecule has 0 saturated heterocycles. The van der Waals surface area contributed by atoms with Gasteiger partial charge in [-0.1, -0.05) is 148 Å². The third kappa shape index (κ3) is 6.06. The van der Waals surface area contributed by atoms with Gasteiger partial charge in [0.2, 0.25) is 0 Å². The third-order valence-electron chi connectivity index (χ3n) is 7.54. The van der Waals surface area contributed by atoms with Crippen molar-refractivity contribution in [3.05, 3.63) is 69.3 Å². The Morgan fingerprint density at radius 1 is 0.343 bits per heavy atom. The van der Waals surface area contributed by atoms with Crippen LogP contribution in [0.2, 0.25) is 0 Å². The molecule has 0 unspecified atom stereocenters. The molecule has 0 radical (unpaired) electrons. The van der Waals surface area contributed by atoms with Crippen LogP contribution in [0.1, 0.15) is 157 Å². The Morgan fingerprint density at radius 3 is 1.00 bits per heavy atom. The smallest absolute Gasteiger partial charge is 0.0152 e. The molecule has 2 aromatic rings. The molecule has 0 saturated carbocycles. The van der Waals surface area contributed by atoms with Gasteiger partial charge in [-0.15, -0.1) is 0 Å². The van der Waals surface area contributed by atoms with E-state index in [4.69, 9.17) is 0 Å². The van der Waals surface area contributed by atoms with Gasteiger partial charge in [-0.2, -0.15) is 0 Å². The second kappa shape index (κ2) is 8.78. The predicted molar refractivity (Wildman–Crippen MR) is 159 cm³/mol. The second-order valence-corrected chi connectivity index (χ2v) is 16.5. The van der Waals surface area contributed by atoms with Crippen molar-refractivity contribution in [2.45, 2.75) is 150 Å². The summed E-state index contributed by atoms with van der Waals surface area (Å²) in [4.78, 5) is 0. The number of rotatable bonds is 2. The first-order chi connectivity index (χ1) is 15.3. The van der Waals surface area contributed by atoms with E-state index in [1.54, 1.807) is 11.1 Å². The van der Waals surface area contributed by atoms with Gasteiger partial charge in [0.15, 0.2) is 0 Å². The average Bonchev–Trinajstić information content (AvgIpc) is 2.62. The SMILES string of the molecule is CC(C)(C)c1ccc(C(C)(C)c2c(C(C)(C)C)cc(C(C)(C)C)c(C(C)(C)C)c2C(C)(C)C)cc1. The van der Waals surface area contributed by atoms with Crippen LogP contribution in [0.15, 0.2) is 30.3 Å². The lowest BCUT2D eigenvalue weighted by atomic mass is 9.59. The summed E-state index contributed by atoms with van der Waals surface area (Å²) in [6, 6.07) is 12.0. The normalized spacial score (nSPS) is 14.4. The molecule has 0 heteroatoms. The monoisotopic (exact) mass is 476 g/mol. The predicted octanol–water partition coefficient (Wildman–Crippen LogP) is 10.5. The standard InChI is InChI=1S/C35H56/c1-30(2,3)23-18-20-24(21-19-23)35(16,17)28-26(32(7,8)9)22-25(31(4,5)6)27(33(10,11)12)29(28)34(13,14)15/h18-22H,1-17H3. The molecule has 0 aliphatic heterocycles. The number of benzene rings is 2. The maximum absolute atomic E-state index is 2.58. The van der Waals surface area contributed by atoms with Crippen LogP contribution in [-0.4, -0.2) is 0 Å². The molecule has 0 aromatic heterocycles. The minimum atomic E-state index is -0.127. The topological polar surface area (TPSA) is 0 Å². The van der Waals surface area contributed by atoms with Gasteiger partial charge >= 0.3 is 0 Å². The fourth-order valence-electron chi connectivity index (χ4n) is 5.58. The Kier molecular flexibility index (Phi) is 7.44. The molecule has 0 atom stereocenters. The molecule has 0 amide bonds. The molecule has 0 nitrogen and oxygen atoms in total. The molecule has 35 heavy (non-hydrogen) atoms. The molecule has 0 aliphatic carbocycles. The Bertz CT molecular complexity index is 1040. The fourth-order valence-corrected chi connectivity index (χ4v) is 5.58. The van der Waals surface area contributed by atoms with E-state index in [0.717, 1.165) is 0 Å². The van der Waals surface area contributed by atoms with Crippen LogP contribution in [0.3, 0.4) is 0 Å². The molecular weight excluding hydrogens is 420 g/mol. The fraction of sp³-hybridized carbons (Fsp3) is 0.657. The maximum atomic E-state index is 2.58. The Morgan fingerprint density at radius 2 is 0.686 bits per heavy atom. The molecule has 0 heterocycles. The van der Waals surface area contributed by atoms with Crippen LogP contribution < -0.4 is 0 Å². The van der Waals surface area contributed by atoms with Crippen LogP contribution in [-0.2, 0) is 32.5 Å². The minimum absolute atomic E-state index is 0.0157. The van der Waals surface area contributed by atoms with Crippen molar-refractivity contribution in [3.8, 4) is 0 Å². The van der Waals surface area contributed by atoms with E-state index in [0.29, 0.717) is 0 Å². The zero-order valence-electron chi connectivity index (χ0n) is 26.4. The maximum Gasteiger partial charge on any atom is 0.0152 e. The quantitative estimate of drug-likeness (QED) is 0.404. The van der Waals surface area contributed by atoms with Gasteiger partial charge in [0, 0.05) is 5.41 Å². The van der Waals surface area contributed by atoms with E-state index in [9.17, 15) is 0 Å². The van der Waals surface area contributed by atoms with Crippen molar-refractivity contribution >= 4 is 0 Å². The van der Waals surface area contributed by atoms with E-state index in [2.05, 4.69) is 148 Å². The third-order valence-corrected chi connectivity index (χ3v) is 7.54. The zero-order valence-corrected chi connectivity index (χ0v) is 26.4. The van der Waals surface area contributed by atoms with E-state index in [-0.39, 0.29) is 32.5 Å². The highest BCUT2D eigenvalue weighted by molar-refractivity contribution is 5.60. The molecule has 2 rings (SSSR count). The molecule has 0 aliphatic rings.